The van der Waals surface area contributed by atoms with Gasteiger partial charge in [-0.05, 0) is 56.9 Å². The van der Waals surface area contributed by atoms with Crippen LogP contribution in [0.3, 0.4) is 0 Å². The summed E-state index contributed by atoms with van der Waals surface area (Å²) in [6, 6.07) is 6.82. The Morgan fingerprint density at radius 3 is 2.50 bits per heavy atom. The molecule has 10 heteroatoms. The Bertz CT molecular complexity index is 1220. The highest BCUT2D eigenvalue weighted by Gasteiger charge is 2.37. The molecule has 2 amide bonds. The van der Waals surface area contributed by atoms with Gasteiger partial charge < -0.3 is 10.2 Å². The molecule has 1 aliphatic heterocycles. The molecule has 2 heterocycles. The van der Waals surface area contributed by atoms with Crippen molar-refractivity contribution < 1.29 is 18.0 Å². The van der Waals surface area contributed by atoms with E-state index in [1.165, 1.54) is 10.6 Å². The Kier molecular flexibility index (Phi) is 6.56. The number of nitrogens with one attached hydrogen (secondary N) is 1. The van der Waals surface area contributed by atoms with Crippen LogP contribution in [0.15, 0.2) is 24.3 Å². The van der Waals surface area contributed by atoms with Crippen molar-refractivity contribution in [1.82, 2.24) is 24.3 Å². The fraction of sp³-hybridized carbons (Fsp3) is 0.542. The molecular weight excluding hydrogens is 454 g/mol. The number of carbonyl (C=O) groups excluding carboxylic acids is 2. The summed E-state index contributed by atoms with van der Waals surface area (Å²) in [5.74, 6) is 0.151. The standard InChI is InChI=1S/C24H33N5O4S/c1-15-14-29(34(5,32)33)16(2)13-28(15)24(31)20-8-6-7-19(17(20)3)12-25-23(30)22-11-21(18-9-10-18)26-27(22)4/h6-8,11,15-16,18H,9-10,12-14H2,1-5H3,(H,25,30). The lowest BCUT2D eigenvalue weighted by Crippen LogP contribution is -2.59. The van der Waals surface area contributed by atoms with Crippen LogP contribution < -0.4 is 5.32 Å². The van der Waals surface area contributed by atoms with Crippen LogP contribution in [0.4, 0.5) is 0 Å². The smallest absolute Gasteiger partial charge is 0.269 e. The molecule has 34 heavy (non-hydrogen) atoms. The Morgan fingerprint density at radius 2 is 1.85 bits per heavy atom. The number of rotatable bonds is 6. The number of sulfonamides is 1. The number of piperazine rings is 1. The van der Waals surface area contributed by atoms with E-state index in [0.29, 0.717) is 30.3 Å². The maximum Gasteiger partial charge on any atom is 0.269 e. The summed E-state index contributed by atoms with van der Waals surface area (Å²) in [5.41, 5.74) is 3.73. The molecule has 1 aliphatic carbocycles. The second-order valence-electron chi connectivity index (χ2n) is 9.61. The Labute approximate surface area is 201 Å². The van der Waals surface area contributed by atoms with Crippen molar-refractivity contribution in [2.75, 3.05) is 19.3 Å². The van der Waals surface area contributed by atoms with Crippen LogP contribution in [0.2, 0.25) is 0 Å². The molecule has 1 aromatic heterocycles. The third-order valence-electron chi connectivity index (χ3n) is 6.86. The van der Waals surface area contributed by atoms with Crippen molar-refractivity contribution in [3.8, 4) is 0 Å². The number of carbonyl (C=O) groups is 2. The van der Waals surface area contributed by atoms with Gasteiger partial charge in [-0.3, -0.25) is 14.3 Å². The quantitative estimate of drug-likeness (QED) is 0.671. The fourth-order valence-corrected chi connectivity index (χ4v) is 5.85. The predicted octanol–water partition coefficient (Wildman–Crippen LogP) is 2.03. The van der Waals surface area contributed by atoms with Gasteiger partial charge in [-0.2, -0.15) is 9.40 Å². The largest absolute Gasteiger partial charge is 0.347 e. The van der Waals surface area contributed by atoms with Gasteiger partial charge >= 0.3 is 0 Å². The molecule has 2 atom stereocenters. The Balaban J connectivity index is 1.46. The normalized spacial score (nSPS) is 21.5. The van der Waals surface area contributed by atoms with E-state index in [1.54, 1.807) is 22.7 Å². The first-order valence-corrected chi connectivity index (χ1v) is 13.5. The molecule has 9 nitrogen and oxygen atoms in total. The van der Waals surface area contributed by atoms with E-state index in [0.717, 1.165) is 29.7 Å². The second-order valence-corrected chi connectivity index (χ2v) is 11.5. The number of hydrogen-bond acceptors (Lipinski definition) is 5. The molecule has 1 aromatic carbocycles. The zero-order chi connectivity index (χ0) is 24.8. The van der Waals surface area contributed by atoms with Gasteiger partial charge in [-0.25, -0.2) is 8.42 Å². The molecule has 1 saturated heterocycles. The van der Waals surface area contributed by atoms with Crippen molar-refractivity contribution in [1.29, 1.82) is 0 Å². The van der Waals surface area contributed by atoms with Crippen molar-refractivity contribution in [3.63, 3.8) is 0 Å². The van der Waals surface area contributed by atoms with Gasteiger partial charge in [0.15, 0.2) is 0 Å². The summed E-state index contributed by atoms with van der Waals surface area (Å²) in [6.07, 6.45) is 3.45. The zero-order valence-electron chi connectivity index (χ0n) is 20.4. The molecule has 0 spiro atoms. The number of aryl methyl sites for hydroxylation is 1. The summed E-state index contributed by atoms with van der Waals surface area (Å²) >= 11 is 0. The lowest BCUT2D eigenvalue weighted by Gasteiger charge is -2.43. The Morgan fingerprint density at radius 1 is 1.15 bits per heavy atom. The first-order valence-electron chi connectivity index (χ1n) is 11.7. The zero-order valence-corrected chi connectivity index (χ0v) is 21.2. The van der Waals surface area contributed by atoms with Crippen molar-refractivity contribution in [2.24, 2.45) is 7.05 Å². The lowest BCUT2D eigenvalue weighted by atomic mass is 9.99. The number of hydrogen-bond donors (Lipinski definition) is 1. The van der Waals surface area contributed by atoms with Crippen molar-refractivity contribution >= 4 is 21.8 Å². The maximum atomic E-state index is 13.4. The van der Waals surface area contributed by atoms with Gasteiger partial charge in [0.25, 0.3) is 11.8 Å². The van der Waals surface area contributed by atoms with E-state index in [4.69, 9.17) is 0 Å². The molecule has 2 unspecified atom stereocenters. The third kappa shape index (κ3) is 4.88. The van der Waals surface area contributed by atoms with Crippen LogP contribution in [0.5, 0.6) is 0 Å². The van der Waals surface area contributed by atoms with E-state index < -0.39 is 10.0 Å². The molecule has 1 N–H and O–H groups in total. The average molecular weight is 488 g/mol. The highest BCUT2D eigenvalue weighted by atomic mass is 32.2. The van der Waals surface area contributed by atoms with Crippen LogP contribution >= 0.6 is 0 Å². The molecule has 4 rings (SSSR count). The average Bonchev–Trinajstić information content (AvgIpc) is 3.54. The van der Waals surface area contributed by atoms with Crippen LogP contribution in [0, 0.1) is 6.92 Å². The van der Waals surface area contributed by atoms with Gasteiger partial charge in [0.2, 0.25) is 10.0 Å². The van der Waals surface area contributed by atoms with E-state index in [2.05, 4.69) is 10.4 Å². The third-order valence-corrected chi connectivity index (χ3v) is 8.22. The van der Waals surface area contributed by atoms with Crippen LogP contribution in [-0.4, -0.2) is 70.6 Å². The van der Waals surface area contributed by atoms with E-state index >= 15 is 0 Å². The maximum absolute atomic E-state index is 13.4. The minimum Gasteiger partial charge on any atom is -0.347 e. The van der Waals surface area contributed by atoms with Crippen LogP contribution in [0.25, 0.3) is 0 Å². The number of aromatic nitrogens is 2. The summed E-state index contributed by atoms with van der Waals surface area (Å²) in [5, 5.41) is 7.41. The molecule has 184 valence electrons. The number of amides is 2. The molecule has 0 bridgehead atoms. The first kappa shape index (κ1) is 24.4. The first-order chi connectivity index (χ1) is 16.0. The summed E-state index contributed by atoms with van der Waals surface area (Å²) < 4.78 is 27.2. The molecule has 2 fully saturated rings. The van der Waals surface area contributed by atoms with Gasteiger partial charge in [-0.15, -0.1) is 0 Å². The number of nitrogens with zero attached hydrogens (tertiary/aromatic N) is 4. The summed E-state index contributed by atoms with van der Waals surface area (Å²) in [6.45, 7) is 6.46. The topological polar surface area (TPSA) is 105 Å². The van der Waals surface area contributed by atoms with E-state index in [1.807, 2.05) is 39.0 Å². The molecule has 2 aromatic rings. The predicted molar refractivity (Wildman–Crippen MR) is 129 cm³/mol. The van der Waals surface area contributed by atoms with Gasteiger partial charge in [0, 0.05) is 50.2 Å². The number of benzene rings is 1. The highest BCUT2D eigenvalue weighted by molar-refractivity contribution is 7.88. The van der Waals surface area contributed by atoms with Gasteiger partial charge in [0.05, 0.1) is 11.9 Å². The molecule has 0 radical (unpaired) electrons. The molecule has 2 aliphatic rings. The fourth-order valence-electron chi connectivity index (χ4n) is 4.65. The summed E-state index contributed by atoms with van der Waals surface area (Å²) in [7, 11) is -1.55. The minimum absolute atomic E-state index is 0.126. The summed E-state index contributed by atoms with van der Waals surface area (Å²) in [4.78, 5) is 27.9. The molecular formula is C24H33N5O4S. The van der Waals surface area contributed by atoms with Gasteiger partial charge in [-0.1, -0.05) is 12.1 Å². The minimum atomic E-state index is -3.33. The van der Waals surface area contributed by atoms with Crippen molar-refractivity contribution in [2.45, 2.75) is 58.2 Å². The van der Waals surface area contributed by atoms with Crippen LogP contribution in [-0.2, 0) is 23.6 Å². The van der Waals surface area contributed by atoms with E-state index in [-0.39, 0.29) is 30.4 Å². The molecule has 1 saturated carbocycles. The van der Waals surface area contributed by atoms with Crippen LogP contribution in [0.1, 0.15) is 70.3 Å². The van der Waals surface area contributed by atoms with E-state index in [9.17, 15) is 18.0 Å². The van der Waals surface area contributed by atoms with Crippen molar-refractivity contribution in [3.05, 3.63) is 52.3 Å². The van der Waals surface area contributed by atoms with Gasteiger partial charge in [0.1, 0.15) is 5.69 Å². The highest BCUT2D eigenvalue weighted by Crippen LogP contribution is 2.39. The second kappa shape index (κ2) is 9.14. The lowest BCUT2D eigenvalue weighted by molar-refractivity contribution is 0.0507. The SMILES string of the molecule is Cc1c(CNC(=O)c2cc(C3CC3)nn2C)cccc1C(=O)N1CC(C)N(S(C)(=O)=O)CC1C. The Hall–Kier alpha value is -2.72. The monoisotopic (exact) mass is 487 g/mol.